The third-order valence-corrected chi connectivity index (χ3v) is 6.19. The molecule has 0 unspecified atom stereocenters. The molecule has 0 aliphatic carbocycles. The van der Waals surface area contributed by atoms with Crippen LogP contribution in [0.3, 0.4) is 0 Å². The van der Waals surface area contributed by atoms with E-state index < -0.39 is 0 Å². The highest BCUT2D eigenvalue weighted by atomic mass is 35.5. The van der Waals surface area contributed by atoms with Gasteiger partial charge in [0.2, 0.25) is 0 Å². The van der Waals surface area contributed by atoms with E-state index in [4.69, 9.17) is 4.74 Å². The number of carbonyl (C=O) groups excluding carboxylic acids is 1. The Morgan fingerprint density at radius 1 is 1.14 bits per heavy atom. The molecule has 2 saturated heterocycles. The van der Waals surface area contributed by atoms with Gasteiger partial charge in [0.15, 0.2) is 5.65 Å². The second-order valence-corrected chi connectivity index (χ2v) is 7.78. The van der Waals surface area contributed by atoms with Crippen molar-refractivity contribution in [2.45, 2.75) is 6.04 Å². The summed E-state index contributed by atoms with van der Waals surface area (Å²) >= 11 is 0. The lowest BCUT2D eigenvalue weighted by Gasteiger charge is -2.27. The summed E-state index contributed by atoms with van der Waals surface area (Å²) in [7, 11) is 3.86. The van der Waals surface area contributed by atoms with Crippen molar-refractivity contribution in [3.05, 3.63) is 60.0 Å². The summed E-state index contributed by atoms with van der Waals surface area (Å²) in [6.07, 6.45) is 3.49. The molecule has 2 aliphatic rings. The first-order valence-electron chi connectivity index (χ1n) is 9.57. The first-order valence-corrected chi connectivity index (χ1v) is 9.57. The van der Waals surface area contributed by atoms with E-state index in [0.29, 0.717) is 29.1 Å². The number of rotatable bonds is 3. The van der Waals surface area contributed by atoms with Gasteiger partial charge >= 0.3 is 0 Å². The van der Waals surface area contributed by atoms with Crippen molar-refractivity contribution in [1.29, 1.82) is 0 Å². The molecule has 2 aromatic heterocycles. The Bertz CT molecular complexity index is 1020. The number of hydrogen-bond donors (Lipinski definition) is 0. The first-order chi connectivity index (χ1) is 13.7. The molecule has 0 N–H and O–H groups in total. The highest BCUT2D eigenvalue weighted by Gasteiger charge is 2.47. The van der Waals surface area contributed by atoms with E-state index in [1.165, 1.54) is 5.56 Å². The van der Waals surface area contributed by atoms with E-state index in [-0.39, 0.29) is 18.3 Å². The van der Waals surface area contributed by atoms with Gasteiger partial charge in [0.1, 0.15) is 12.1 Å². The molecule has 7 nitrogen and oxygen atoms in total. The number of benzene rings is 1. The minimum absolute atomic E-state index is 0. The predicted molar refractivity (Wildman–Crippen MR) is 111 cm³/mol. The van der Waals surface area contributed by atoms with Crippen LogP contribution in [0.4, 0.5) is 0 Å². The lowest BCUT2D eigenvalue weighted by Crippen LogP contribution is -2.33. The summed E-state index contributed by atoms with van der Waals surface area (Å²) < 4.78 is 7.08. The standard InChI is InChI=1S/C21H23N5O2.ClH/c1-24-10-15-11-26(21(27)17-4-3-9-25-13-22-23-20(17)25)12-18(15)19(24)14-5-7-16(28-2)8-6-14;/h3-9,13,15,18-19H,10-12H2,1-2H3;1H/t15-,18+,19-;/m0./s1. The van der Waals surface area contributed by atoms with Crippen LogP contribution in [0.1, 0.15) is 22.0 Å². The summed E-state index contributed by atoms with van der Waals surface area (Å²) in [5.41, 5.74) is 2.52. The van der Waals surface area contributed by atoms with Crippen LogP contribution in [0, 0.1) is 11.8 Å². The molecule has 0 saturated carbocycles. The highest BCUT2D eigenvalue weighted by molar-refractivity contribution is 5.99. The molecule has 5 rings (SSSR count). The molecule has 0 bridgehead atoms. The molecule has 0 radical (unpaired) electrons. The van der Waals surface area contributed by atoms with Crippen LogP contribution in [0.25, 0.3) is 5.65 Å². The molecule has 29 heavy (non-hydrogen) atoms. The maximum Gasteiger partial charge on any atom is 0.257 e. The van der Waals surface area contributed by atoms with Crippen molar-refractivity contribution < 1.29 is 9.53 Å². The van der Waals surface area contributed by atoms with Gasteiger partial charge in [-0.15, -0.1) is 22.6 Å². The number of likely N-dealkylation sites (tertiary alicyclic amines) is 2. The van der Waals surface area contributed by atoms with Gasteiger partial charge in [0.05, 0.1) is 12.7 Å². The number of amides is 1. The molecular weight excluding hydrogens is 390 g/mol. The van der Waals surface area contributed by atoms with Crippen molar-refractivity contribution >= 4 is 24.0 Å². The van der Waals surface area contributed by atoms with Crippen LogP contribution < -0.4 is 4.74 Å². The number of fused-ring (bicyclic) bond motifs is 2. The van der Waals surface area contributed by atoms with Crippen LogP contribution in [0.5, 0.6) is 5.75 Å². The molecule has 8 heteroatoms. The molecule has 1 amide bonds. The SMILES string of the molecule is COc1ccc([C@H]2[C@@H]3CN(C(=O)c4cccn5cnnc45)C[C@@H]3CN2C)cc1.Cl. The number of methoxy groups -OCH3 is 1. The summed E-state index contributed by atoms with van der Waals surface area (Å²) in [4.78, 5) is 17.6. The molecule has 3 aromatic rings. The fourth-order valence-electron chi connectivity index (χ4n) is 4.91. The van der Waals surface area contributed by atoms with Crippen LogP contribution in [0.2, 0.25) is 0 Å². The van der Waals surface area contributed by atoms with Crippen molar-refractivity contribution in [2.75, 3.05) is 33.8 Å². The first kappa shape index (κ1) is 19.7. The number of aromatic nitrogens is 3. The van der Waals surface area contributed by atoms with Crippen LogP contribution in [0.15, 0.2) is 48.9 Å². The van der Waals surface area contributed by atoms with Gasteiger partial charge < -0.3 is 9.64 Å². The van der Waals surface area contributed by atoms with E-state index in [1.54, 1.807) is 17.8 Å². The second-order valence-electron chi connectivity index (χ2n) is 7.78. The number of ether oxygens (including phenoxy) is 1. The van der Waals surface area contributed by atoms with E-state index >= 15 is 0 Å². The molecule has 152 valence electrons. The normalized spacial score (nSPS) is 23.8. The van der Waals surface area contributed by atoms with Crippen LogP contribution in [-0.2, 0) is 0 Å². The third kappa shape index (κ3) is 3.24. The monoisotopic (exact) mass is 413 g/mol. The predicted octanol–water partition coefficient (Wildman–Crippen LogP) is 2.53. The van der Waals surface area contributed by atoms with Gasteiger partial charge in [-0.3, -0.25) is 14.1 Å². The fraction of sp³-hybridized carbons (Fsp3) is 0.381. The Morgan fingerprint density at radius 3 is 2.69 bits per heavy atom. The van der Waals surface area contributed by atoms with Gasteiger partial charge in [0, 0.05) is 37.8 Å². The molecule has 3 atom stereocenters. The summed E-state index contributed by atoms with van der Waals surface area (Å²) in [5.74, 6) is 1.83. The maximum absolute atomic E-state index is 13.2. The number of nitrogens with zero attached hydrogens (tertiary/aromatic N) is 5. The number of halogens is 1. The second kappa shape index (κ2) is 7.65. The topological polar surface area (TPSA) is 63.0 Å². The zero-order valence-electron chi connectivity index (χ0n) is 16.4. The third-order valence-electron chi connectivity index (χ3n) is 6.19. The van der Waals surface area contributed by atoms with Crippen LogP contribution in [-0.4, -0.2) is 64.1 Å². The van der Waals surface area contributed by atoms with Gasteiger partial charge in [-0.05, 0) is 42.8 Å². The van der Waals surface area contributed by atoms with Crippen molar-refractivity contribution in [1.82, 2.24) is 24.4 Å². The lowest BCUT2D eigenvalue weighted by molar-refractivity contribution is 0.0769. The Kier molecular flexibility index (Phi) is 5.19. The summed E-state index contributed by atoms with van der Waals surface area (Å²) in [6.45, 7) is 2.55. The Balaban J connectivity index is 0.00000205. The van der Waals surface area contributed by atoms with Crippen LogP contribution >= 0.6 is 12.4 Å². The van der Waals surface area contributed by atoms with Crippen molar-refractivity contribution in [3.63, 3.8) is 0 Å². The van der Waals surface area contributed by atoms with Crippen molar-refractivity contribution in [3.8, 4) is 5.75 Å². The number of pyridine rings is 1. The number of hydrogen-bond acceptors (Lipinski definition) is 5. The largest absolute Gasteiger partial charge is 0.497 e. The Labute approximate surface area is 175 Å². The van der Waals surface area contributed by atoms with Gasteiger partial charge in [-0.2, -0.15) is 0 Å². The summed E-state index contributed by atoms with van der Waals surface area (Å²) in [5, 5.41) is 8.05. The minimum Gasteiger partial charge on any atom is -0.497 e. The van der Waals surface area contributed by atoms with E-state index in [1.807, 2.05) is 35.4 Å². The van der Waals surface area contributed by atoms with Crippen molar-refractivity contribution in [2.24, 2.45) is 11.8 Å². The smallest absolute Gasteiger partial charge is 0.257 e. The quantitative estimate of drug-likeness (QED) is 0.660. The Morgan fingerprint density at radius 2 is 1.93 bits per heavy atom. The molecule has 2 aliphatic heterocycles. The molecule has 2 fully saturated rings. The number of carbonyl (C=O) groups is 1. The van der Waals surface area contributed by atoms with E-state index in [9.17, 15) is 4.79 Å². The molecule has 0 spiro atoms. The van der Waals surface area contributed by atoms with E-state index in [2.05, 4.69) is 34.3 Å². The van der Waals surface area contributed by atoms with Gasteiger partial charge in [0.25, 0.3) is 5.91 Å². The highest BCUT2D eigenvalue weighted by Crippen LogP contribution is 2.44. The minimum atomic E-state index is 0. The fourth-order valence-corrected chi connectivity index (χ4v) is 4.91. The summed E-state index contributed by atoms with van der Waals surface area (Å²) in [6, 6.07) is 12.3. The van der Waals surface area contributed by atoms with Gasteiger partial charge in [-0.1, -0.05) is 12.1 Å². The molecular formula is C21H24ClN5O2. The maximum atomic E-state index is 13.2. The Hall–Kier alpha value is -2.64. The van der Waals surface area contributed by atoms with Gasteiger partial charge in [-0.25, -0.2) is 0 Å². The zero-order chi connectivity index (χ0) is 19.3. The zero-order valence-corrected chi connectivity index (χ0v) is 17.2. The molecule has 1 aromatic carbocycles. The molecule has 4 heterocycles. The average molecular weight is 414 g/mol. The lowest BCUT2D eigenvalue weighted by atomic mass is 9.89. The van der Waals surface area contributed by atoms with E-state index in [0.717, 1.165) is 25.4 Å². The average Bonchev–Trinajstić information content (AvgIpc) is 3.41.